The van der Waals surface area contributed by atoms with Crippen LogP contribution in [0.3, 0.4) is 0 Å². The topological polar surface area (TPSA) is 45.4 Å². The highest BCUT2D eigenvalue weighted by atomic mass is 32.1. The summed E-state index contributed by atoms with van der Waals surface area (Å²) in [6.07, 6.45) is 2.47. The highest BCUT2D eigenvalue weighted by molar-refractivity contribution is 7.15. The number of likely N-dealkylation sites (tertiary alicyclic amines) is 1. The second-order valence-corrected chi connectivity index (χ2v) is 6.52. The van der Waals surface area contributed by atoms with Gasteiger partial charge in [0, 0.05) is 37.1 Å². The first-order valence-corrected chi connectivity index (χ1v) is 8.02. The van der Waals surface area contributed by atoms with Crippen molar-refractivity contribution in [3.8, 4) is 0 Å². The Kier molecular flexibility index (Phi) is 4.81. The van der Waals surface area contributed by atoms with Crippen molar-refractivity contribution >= 4 is 16.5 Å². The van der Waals surface area contributed by atoms with Crippen LogP contribution in [0.2, 0.25) is 0 Å². The van der Waals surface area contributed by atoms with E-state index in [1.807, 2.05) is 6.92 Å². The summed E-state index contributed by atoms with van der Waals surface area (Å²) < 4.78 is 0. The van der Waals surface area contributed by atoms with Crippen molar-refractivity contribution in [2.45, 2.75) is 45.7 Å². The number of aromatic nitrogens is 1. The molecule has 1 aromatic heterocycles. The van der Waals surface area contributed by atoms with Crippen molar-refractivity contribution in [2.75, 3.05) is 31.6 Å². The lowest BCUT2D eigenvalue weighted by Gasteiger charge is -2.36. The summed E-state index contributed by atoms with van der Waals surface area (Å²) in [5, 5.41) is 1.12. The maximum Gasteiger partial charge on any atom is 0.185 e. The molecule has 1 unspecified atom stereocenters. The summed E-state index contributed by atoms with van der Waals surface area (Å²) in [4.78, 5) is 10.8. The highest BCUT2D eigenvalue weighted by Gasteiger charge is 2.24. The fourth-order valence-electron chi connectivity index (χ4n) is 2.75. The third kappa shape index (κ3) is 3.27. The lowest BCUT2D eigenvalue weighted by Crippen LogP contribution is -2.43. The molecule has 1 fully saturated rings. The molecule has 1 atom stereocenters. The maximum atomic E-state index is 5.99. The number of aryl methyl sites for hydroxylation is 1. The number of nitrogens with zero attached hydrogens (tertiary/aromatic N) is 3. The Bertz CT molecular complexity index is 408. The molecule has 0 amide bonds. The van der Waals surface area contributed by atoms with Gasteiger partial charge in [0.05, 0.1) is 5.69 Å². The summed E-state index contributed by atoms with van der Waals surface area (Å²) in [5.41, 5.74) is 7.08. The van der Waals surface area contributed by atoms with E-state index in [-0.39, 0.29) is 6.04 Å². The molecule has 1 aliphatic rings. The van der Waals surface area contributed by atoms with Crippen LogP contribution in [-0.2, 0) is 0 Å². The molecule has 0 aromatic carbocycles. The Morgan fingerprint density at radius 1 is 1.47 bits per heavy atom. The number of anilines is 1. The number of hydrogen-bond acceptors (Lipinski definition) is 5. The molecule has 0 aliphatic carbocycles. The second-order valence-electron chi connectivity index (χ2n) is 5.51. The zero-order valence-corrected chi connectivity index (χ0v) is 13.3. The SMILES string of the molecule is CCN1CCC(N(C)c2nc(C)c(C(C)N)s2)CC1. The molecule has 0 radical (unpaired) electrons. The first kappa shape index (κ1) is 14.8. The molecule has 1 aliphatic heterocycles. The van der Waals surface area contributed by atoms with Crippen molar-refractivity contribution in [1.82, 2.24) is 9.88 Å². The minimum Gasteiger partial charge on any atom is -0.348 e. The van der Waals surface area contributed by atoms with E-state index in [1.165, 1.54) is 37.4 Å². The van der Waals surface area contributed by atoms with Crippen molar-refractivity contribution in [3.63, 3.8) is 0 Å². The number of rotatable bonds is 4. The van der Waals surface area contributed by atoms with Gasteiger partial charge in [-0.1, -0.05) is 6.92 Å². The summed E-state index contributed by atoms with van der Waals surface area (Å²) in [6.45, 7) is 9.91. The Labute approximate surface area is 120 Å². The lowest BCUT2D eigenvalue weighted by molar-refractivity contribution is 0.221. The van der Waals surface area contributed by atoms with Gasteiger partial charge in [-0.05, 0) is 33.2 Å². The third-order valence-electron chi connectivity index (χ3n) is 4.09. The standard InChI is InChI=1S/C14H26N4S/c1-5-18-8-6-12(7-9-18)17(4)14-16-11(3)13(19-14)10(2)15/h10,12H,5-9,15H2,1-4H3. The van der Waals surface area contributed by atoms with E-state index in [2.05, 4.69) is 30.7 Å². The minimum atomic E-state index is 0.0848. The monoisotopic (exact) mass is 282 g/mol. The van der Waals surface area contributed by atoms with Gasteiger partial charge in [0.2, 0.25) is 0 Å². The van der Waals surface area contributed by atoms with Gasteiger partial charge < -0.3 is 15.5 Å². The molecule has 0 spiro atoms. The first-order valence-electron chi connectivity index (χ1n) is 7.21. The van der Waals surface area contributed by atoms with Crippen LogP contribution >= 0.6 is 11.3 Å². The van der Waals surface area contributed by atoms with Crippen LogP contribution in [0.15, 0.2) is 0 Å². The molecule has 5 heteroatoms. The summed E-state index contributed by atoms with van der Waals surface area (Å²) in [7, 11) is 2.18. The van der Waals surface area contributed by atoms with E-state index in [0.717, 1.165) is 10.8 Å². The first-order chi connectivity index (χ1) is 9.02. The van der Waals surface area contributed by atoms with E-state index in [0.29, 0.717) is 6.04 Å². The fourth-order valence-corrected chi connectivity index (χ4v) is 3.80. The smallest absolute Gasteiger partial charge is 0.185 e. The van der Waals surface area contributed by atoms with E-state index in [4.69, 9.17) is 10.7 Å². The van der Waals surface area contributed by atoms with Gasteiger partial charge >= 0.3 is 0 Å². The molecular weight excluding hydrogens is 256 g/mol. The number of nitrogens with two attached hydrogens (primary N) is 1. The van der Waals surface area contributed by atoms with Gasteiger partial charge in [-0.2, -0.15) is 0 Å². The molecule has 2 rings (SSSR count). The van der Waals surface area contributed by atoms with Crippen LogP contribution in [0.5, 0.6) is 0 Å². The van der Waals surface area contributed by atoms with E-state index < -0.39 is 0 Å². The number of piperidine rings is 1. The molecule has 2 heterocycles. The van der Waals surface area contributed by atoms with Gasteiger partial charge in [-0.3, -0.25) is 0 Å². The zero-order chi connectivity index (χ0) is 14.0. The van der Waals surface area contributed by atoms with Crippen LogP contribution in [0, 0.1) is 6.92 Å². The van der Waals surface area contributed by atoms with Crippen molar-refractivity contribution in [2.24, 2.45) is 5.73 Å². The van der Waals surface area contributed by atoms with E-state index in [9.17, 15) is 0 Å². The van der Waals surface area contributed by atoms with Crippen molar-refractivity contribution in [1.29, 1.82) is 0 Å². The predicted octanol–water partition coefficient (Wildman–Crippen LogP) is 2.39. The van der Waals surface area contributed by atoms with Gasteiger partial charge in [0.15, 0.2) is 5.13 Å². The quantitative estimate of drug-likeness (QED) is 0.921. The minimum absolute atomic E-state index is 0.0848. The molecular formula is C14H26N4S. The molecule has 108 valence electrons. The second kappa shape index (κ2) is 6.20. The third-order valence-corrected chi connectivity index (χ3v) is 5.54. The lowest BCUT2D eigenvalue weighted by atomic mass is 10.0. The maximum absolute atomic E-state index is 5.99. The fraction of sp³-hybridized carbons (Fsp3) is 0.786. The average molecular weight is 282 g/mol. The molecule has 0 saturated carbocycles. The number of hydrogen-bond donors (Lipinski definition) is 1. The Balaban J connectivity index is 2.04. The summed E-state index contributed by atoms with van der Waals surface area (Å²) >= 11 is 1.75. The predicted molar refractivity (Wildman–Crippen MR) is 83.0 cm³/mol. The van der Waals surface area contributed by atoms with Gasteiger partial charge in [-0.15, -0.1) is 11.3 Å². The Hall–Kier alpha value is -0.650. The molecule has 4 nitrogen and oxygen atoms in total. The van der Waals surface area contributed by atoms with Gasteiger partial charge in [0.1, 0.15) is 0 Å². The van der Waals surface area contributed by atoms with Crippen LogP contribution < -0.4 is 10.6 Å². The Morgan fingerprint density at radius 3 is 2.58 bits per heavy atom. The molecule has 1 aromatic rings. The largest absolute Gasteiger partial charge is 0.348 e. The average Bonchev–Trinajstić information content (AvgIpc) is 2.80. The van der Waals surface area contributed by atoms with Gasteiger partial charge in [0.25, 0.3) is 0 Å². The van der Waals surface area contributed by atoms with Gasteiger partial charge in [-0.25, -0.2) is 4.98 Å². The molecule has 0 bridgehead atoms. The zero-order valence-electron chi connectivity index (χ0n) is 12.5. The normalized spacial score (nSPS) is 19.6. The summed E-state index contributed by atoms with van der Waals surface area (Å²) in [5.74, 6) is 0. The van der Waals surface area contributed by atoms with Crippen molar-refractivity contribution in [3.05, 3.63) is 10.6 Å². The number of thiazole rings is 1. The van der Waals surface area contributed by atoms with Crippen molar-refractivity contribution < 1.29 is 0 Å². The molecule has 19 heavy (non-hydrogen) atoms. The molecule has 2 N–H and O–H groups in total. The van der Waals surface area contributed by atoms with E-state index in [1.54, 1.807) is 11.3 Å². The van der Waals surface area contributed by atoms with Crippen LogP contribution in [0.4, 0.5) is 5.13 Å². The van der Waals surface area contributed by atoms with Crippen LogP contribution in [0.25, 0.3) is 0 Å². The summed E-state index contributed by atoms with van der Waals surface area (Å²) in [6, 6.07) is 0.705. The van der Waals surface area contributed by atoms with E-state index >= 15 is 0 Å². The Morgan fingerprint density at radius 2 is 2.11 bits per heavy atom. The highest BCUT2D eigenvalue weighted by Crippen LogP contribution is 2.31. The van der Waals surface area contributed by atoms with Crippen LogP contribution in [0.1, 0.15) is 43.3 Å². The molecule has 1 saturated heterocycles. The van der Waals surface area contributed by atoms with Crippen LogP contribution in [-0.4, -0.2) is 42.6 Å².